The van der Waals surface area contributed by atoms with E-state index in [0.717, 1.165) is 37.1 Å². The fourth-order valence-corrected chi connectivity index (χ4v) is 3.95. The molecule has 0 spiro atoms. The maximum absolute atomic E-state index is 13.0. The highest BCUT2D eigenvalue weighted by atomic mass is 16.2. The number of nitrogens with zero attached hydrogens (tertiary/aromatic N) is 2. The van der Waals surface area contributed by atoms with Gasteiger partial charge in [-0.25, -0.2) is 4.90 Å². The molecule has 2 aromatic rings. The smallest absolute Gasteiger partial charge is 0.266 e. The molecule has 3 amide bonds. The molecule has 2 aliphatic heterocycles. The van der Waals surface area contributed by atoms with E-state index < -0.39 is 0 Å². The van der Waals surface area contributed by atoms with Gasteiger partial charge in [-0.15, -0.1) is 0 Å². The zero-order chi connectivity index (χ0) is 20.0. The minimum Gasteiger partial charge on any atom is -0.339 e. The maximum atomic E-state index is 13.0. The Labute approximate surface area is 164 Å². The van der Waals surface area contributed by atoms with E-state index in [1.807, 2.05) is 36.9 Å². The number of rotatable bonds is 2. The van der Waals surface area contributed by atoms with Gasteiger partial charge in [-0.05, 0) is 68.0 Å². The molecule has 28 heavy (non-hydrogen) atoms. The molecule has 2 aromatic carbocycles. The fourth-order valence-electron chi connectivity index (χ4n) is 3.95. The van der Waals surface area contributed by atoms with E-state index in [0.29, 0.717) is 28.3 Å². The number of piperidine rings is 1. The number of carbonyl (C=O) groups is 3. The molecule has 0 aliphatic carbocycles. The molecule has 5 nitrogen and oxygen atoms in total. The lowest BCUT2D eigenvalue weighted by Gasteiger charge is -2.30. The van der Waals surface area contributed by atoms with Crippen LogP contribution >= 0.6 is 0 Å². The summed E-state index contributed by atoms with van der Waals surface area (Å²) in [6, 6.07) is 10.6. The molecule has 4 rings (SSSR count). The summed E-state index contributed by atoms with van der Waals surface area (Å²) in [7, 11) is 0. The standard InChI is InChI=1S/C23H24N2O3/c1-14-8-10-24(11-9-14)21(26)17-6-7-18-19(13-17)23(28)25(22(18)27)20-12-15(2)4-5-16(20)3/h4-7,12-14H,8-11H2,1-3H3. The molecule has 1 saturated heterocycles. The average Bonchev–Trinajstić information content (AvgIpc) is 2.94. The Morgan fingerprint density at radius 3 is 2.32 bits per heavy atom. The summed E-state index contributed by atoms with van der Waals surface area (Å²) in [5, 5.41) is 0. The lowest BCUT2D eigenvalue weighted by Crippen LogP contribution is -2.38. The van der Waals surface area contributed by atoms with E-state index in [-0.39, 0.29) is 17.7 Å². The van der Waals surface area contributed by atoms with Crippen LogP contribution in [0.25, 0.3) is 0 Å². The Kier molecular flexibility index (Phi) is 4.53. The first-order chi connectivity index (χ1) is 13.4. The van der Waals surface area contributed by atoms with Gasteiger partial charge in [-0.3, -0.25) is 14.4 Å². The normalized spacial score (nSPS) is 17.2. The number of anilines is 1. The van der Waals surface area contributed by atoms with Gasteiger partial charge in [0.25, 0.3) is 17.7 Å². The number of imide groups is 1. The van der Waals surface area contributed by atoms with Gasteiger partial charge in [0.2, 0.25) is 0 Å². The SMILES string of the molecule is Cc1ccc(C)c(N2C(=O)c3ccc(C(=O)N4CCC(C)CC4)cc3C2=O)c1. The Morgan fingerprint density at radius 2 is 1.61 bits per heavy atom. The van der Waals surface area contributed by atoms with Crippen LogP contribution in [0.4, 0.5) is 5.69 Å². The molecule has 0 N–H and O–H groups in total. The van der Waals surface area contributed by atoms with Gasteiger partial charge in [0.05, 0.1) is 16.8 Å². The van der Waals surface area contributed by atoms with Crippen molar-refractivity contribution in [1.29, 1.82) is 0 Å². The average molecular weight is 376 g/mol. The highest BCUT2D eigenvalue weighted by Gasteiger charge is 2.38. The van der Waals surface area contributed by atoms with Crippen molar-refractivity contribution >= 4 is 23.4 Å². The zero-order valence-electron chi connectivity index (χ0n) is 16.5. The molecule has 144 valence electrons. The molecule has 0 saturated carbocycles. The van der Waals surface area contributed by atoms with Gasteiger partial charge in [0, 0.05) is 18.7 Å². The number of aryl methyl sites for hydroxylation is 2. The number of hydrogen-bond acceptors (Lipinski definition) is 3. The number of benzene rings is 2. The summed E-state index contributed by atoms with van der Waals surface area (Å²) in [4.78, 5) is 41.9. The minimum absolute atomic E-state index is 0.0693. The molecule has 0 bridgehead atoms. The quantitative estimate of drug-likeness (QED) is 0.745. The topological polar surface area (TPSA) is 57.7 Å². The fraction of sp³-hybridized carbons (Fsp3) is 0.348. The minimum atomic E-state index is -0.365. The van der Waals surface area contributed by atoms with E-state index in [2.05, 4.69) is 6.92 Å². The highest BCUT2D eigenvalue weighted by molar-refractivity contribution is 6.35. The van der Waals surface area contributed by atoms with Crippen LogP contribution in [0.15, 0.2) is 36.4 Å². The molecule has 0 unspecified atom stereocenters. The Balaban J connectivity index is 1.66. The number of fused-ring (bicyclic) bond motifs is 1. The van der Waals surface area contributed by atoms with Crippen molar-refractivity contribution in [1.82, 2.24) is 4.90 Å². The van der Waals surface area contributed by atoms with E-state index in [1.54, 1.807) is 18.2 Å². The van der Waals surface area contributed by atoms with Gasteiger partial charge < -0.3 is 4.90 Å². The highest BCUT2D eigenvalue weighted by Crippen LogP contribution is 2.32. The van der Waals surface area contributed by atoms with Gasteiger partial charge >= 0.3 is 0 Å². The van der Waals surface area contributed by atoms with Crippen LogP contribution in [0.1, 0.15) is 62.0 Å². The van der Waals surface area contributed by atoms with Crippen molar-refractivity contribution in [3.63, 3.8) is 0 Å². The van der Waals surface area contributed by atoms with Gasteiger partial charge in [-0.1, -0.05) is 19.1 Å². The third-order valence-corrected chi connectivity index (χ3v) is 5.81. The predicted molar refractivity (Wildman–Crippen MR) is 108 cm³/mol. The predicted octanol–water partition coefficient (Wildman–Crippen LogP) is 3.98. The van der Waals surface area contributed by atoms with Crippen molar-refractivity contribution in [2.24, 2.45) is 5.92 Å². The van der Waals surface area contributed by atoms with Gasteiger partial charge in [0.1, 0.15) is 0 Å². The molecule has 2 aliphatic rings. The number of hydrogen-bond donors (Lipinski definition) is 0. The number of amides is 3. The van der Waals surface area contributed by atoms with Gasteiger partial charge in [0.15, 0.2) is 0 Å². The first-order valence-electron chi connectivity index (χ1n) is 9.76. The number of likely N-dealkylation sites (tertiary alicyclic amines) is 1. The Hall–Kier alpha value is -2.95. The molecule has 2 heterocycles. The molecule has 1 fully saturated rings. The van der Waals surface area contributed by atoms with Crippen LogP contribution < -0.4 is 4.90 Å². The van der Waals surface area contributed by atoms with E-state index in [9.17, 15) is 14.4 Å². The largest absolute Gasteiger partial charge is 0.339 e. The van der Waals surface area contributed by atoms with Crippen molar-refractivity contribution in [3.05, 3.63) is 64.2 Å². The van der Waals surface area contributed by atoms with Crippen LogP contribution in [0.5, 0.6) is 0 Å². The van der Waals surface area contributed by atoms with Gasteiger partial charge in [-0.2, -0.15) is 0 Å². The third-order valence-electron chi connectivity index (χ3n) is 5.81. The summed E-state index contributed by atoms with van der Waals surface area (Å²) in [5.41, 5.74) is 3.57. The van der Waals surface area contributed by atoms with Crippen LogP contribution in [0, 0.1) is 19.8 Å². The van der Waals surface area contributed by atoms with Crippen LogP contribution in [0.2, 0.25) is 0 Å². The van der Waals surface area contributed by atoms with Crippen molar-refractivity contribution < 1.29 is 14.4 Å². The zero-order valence-corrected chi connectivity index (χ0v) is 16.5. The molecule has 0 aromatic heterocycles. The molecular formula is C23H24N2O3. The Morgan fingerprint density at radius 1 is 0.929 bits per heavy atom. The van der Waals surface area contributed by atoms with Crippen LogP contribution in [-0.2, 0) is 0 Å². The molecule has 5 heteroatoms. The first-order valence-corrected chi connectivity index (χ1v) is 9.76. The van der Waals surface area contributed by atoms with Crippen LogP contribution in [0.3, 0.4) is 0 Å². The third kappa shape index (κ3) is 3.01. The molecule has 0 atom stereocenters. The van der Waals surface area contributed by atoms with E-state index >= 15 is 0 Å². The van der Waals surface area contributed by atoms with Crippen molar-refractivity contribution in [2.45, 2.75) is 33.6 Å². The first kappa shape index (κ1) is 18.4. The lowest BCUT2D eigenvalue weighted by atomic mass is 9.98. The second-order valence-corrected chi connectivity index (χ2v) is 7.97. The Bertz CT molecular complexity index is 987. The summed E-state index contributed by atoms with van der Waals surface area (Å²) in [6.45, 7) is 7.47. The molecular weight excluding hydrogens is 352 g/mol. The monoisotopic (exact) mass is 376 g/mol. The second-order valence-electron chi connectivity index (χ2n) is 7.97. The lowest BCUT2D eigenvalue weighted by molar-refractivity contribution is 0.0697. The van der Waals surface area contributed by atoms with Crippen molar-refractivity contribution in [2.75, 3.05) is 18.0 Å². The van der Waals surface area contributed by atoms with E-state index in [4.69, 9.17) is 0 Å². The van der Waals surface area contributed by atoms with Crippen molar-refractivity contribution in [3.8, 4) is 0 Å². The molecule has 0 radical (unpaired) electrons. The number of carbonyl (C=O) groups excluding carboxylic acids is 3. The second kappa shape index (κ2) is 6.89. The summed E-state index contributed by atoms with van der Waals surface area (Å²) in [6.07, 6.45) is 1.99. The summed E-state index contributed by atoms with van der Waals surface area (Å²) < 4.78 is 0. The maximum Gasteiger partial charge on any atom is 0.266 e. The summed E-state index contributed by atoms with van der Waals surface area (Å²) >= 11 is 0. The van der Waals surface area contributed by atoms with Crippen LogP contribution in [-0.4, -0.2) is 35.7 Å². The summed E-state index contributed by atoms with van der Waals surface area (Å²) in [5.74, 6) is -0.135. The van der Waals surface area contributed by atoms with E-state index in [1.165, 1.54) is 4.90 Å².